The number of aromatic amines is 2. The molecule has 20 N–H and O–H groups in total. The second-order valence-electron chi connectivity index (χ2n) is 21.2. The van der Waals surface area contributed by atoms with Gasteiger partial charge in [-0.3, -0.25) is 0 Å². The summed E-state index contributed by atoms with van der Waals surface area (Å²) in [6, 6.07) is 15.5. The molecule has 5 aliphatic rings. The number of anilines is 1. The molecule has 79 heavy (non-hydrogen) atoms. The number of nitrogens with zero attached hydrogens (tertiary/aromatic N) is 7. The van der Waals surface area contributed by atoms with Crippen molar-refractivity contribution in [1.29, 1.82) is 0 Å². The summed E-state index contributed by atoms with van der Waals surface area (Å²) in [6.07, 6.45) is -18.7. The molecule has 1 aliphatic carbocycles. The van der Waals surface area contributed by atoms with E-state index in [4.69, 9.17) is 77.5 Å². The topological polar surface area (TPSA) is 437 Å². The maximum Gasteiger partial charge on any atom is 0.187 e. The summed E-state index contributed by atoms with van der Waals surface area (Å²) in [7, 11) is 2.15. The van der Waals surface area contributed by atoms with E-state index in [-0.39, 0.29) is 32.7 Å². The zero-order valence-electron chi connectivity index (χ0n) is 43.3. The highest BCUT2D eigenvalue weighted by molar-refractivity contribution is 5.87. The van der Waals surface area contributed by atoms with Crippen molar-refractivity contribution in [3.8, 4) is 28.5 Å². The van der Waals surface area contributed by atoms with E-state index in [1.165, 1.54) is 10.4 Å². The fraction of sp³-hybridized carbons (Fsp3) is 0.569. The van der Waals surface area contributed by atoms with Crippen molar-refractivity contribution < 1.29 is 63.8 Å². The van der Waals surface area contributed by atoms with E-state index in [0.29, 0.717) is 17.3 Å². The number of fused-ring (bicyclic) bond motifs is 2. The van der Waals surface area contributed by atoms with Crippen LogP contribution in [0.4, 0.5) is 5.69 Å². The monoisotopic (exact) mass is 1100 g/mol. The third-order valence-corrected chi connectivity index (χ3v) is 15.7. The third-order valence-electron chi connectivity index (χ3n) is 15.7. The van der Waals surface area contributed by atoms with Crippen molar-refractivity contribution in [2.45, 2.75) is 136 Å². The van der Waals surface area contributed by atoms with Gasteiger partial charge in [-0.1, -0.05) is 5.21 Å². The lowest BCUT2D eigenvalue weighted by molar-refractivity contribution is -0.306. The van der Waals surface area contributed by atoms with Crippen LogP contribution in [-0.2, 0) is 41.6 Å². The van der Waals surface area contributed by atoms with Gasteiger partial charge < -0.3 is 118 Å². The Bertz CT molecular complexity index is 3000. The van der Waals surface area contributed by atoms with Crippen LogP contribution in [0, 0.1) is 0 Å². The second kappa shape index (κ2) is 23.2. The summed E-state index contributed by atoms with van der Waals surface area (Å²) in [5.41, 5.74) is 43.9. The number of aliphatic hydroxyl groups excluding tert-OH is 6. The normalized spacial score (nSPS) is 35.7. The Morgan fingerprint density at radius 1 is 0.608 bits per heavy atom. The number of aromatic nitrogens is 7. The van der Waals surface area contributed by atoms with Crippen LogP contribution >= 0.6 is 0 Å². The molecule has 0 spiro atoms. The lowest BCUT2D eigenvalue weighted by Crippen LogP contribution is -2.68. The van der Waals surface area contributed by atoms with Crippen LogP contribution in [0.1, 0.15) is 12.1 Å². The standard InChI is InChI=1S/C51H71N15O13/c1-64-10-12-65(13-11-64)25-5-9-30-32(15-25)61-48(59-30)23-4-8-29-31(14-23)60-47(58-29)22-2-6-26(7-3-22)73-21-24-19-66(63-62-24)20-35-45(78-50-37(57)42(71)40(69)34(18-53)75-50)43(72)51(76-35)79-46-38(67)27(54)16-28(55)44(46)77-49-36(56)41(70)39(68)33(17-52)74-49/h2-9,14-15,19,27-28,33-46,49-51,67-72H,10-13,16-18,20-21,52-57H2,1H3,(H,58,60)(H,59,61)/t27-,28?,33?,34+,35-,36?,37?,38?,39-,40-,41-,42?,43+,44-,45?,46-,49+,50-,51+/m1/s1. The number of ether oxygens (including phenoxy) is 7. The van der Waals surface area contributed by atoms with Gasteiger partial charge in [-0.15, -0.1) is 5.10 Å². The largest absolute Gasteiger partial charge is 0.487 e. The Labute approximate surface area is 452 Å². The predicted octanol–water partition coefficient (Wildman–Crippen LogP) is -4.18. The zero-order chi connectivity index (χ0) is 55.4. The fourth-order valence-corrected chi connectivity index (χ4v) is 11.0. The van der Waals surface area contributed by atoms with Gasteiger partial charge >= 0.3 is 0 Å². The first kappa shape index (κ1) is 55.5. The van der Waals surface area contributed by atoms with Crippen molar-refractivity contribution in [1.82, 2.24) is 39.8 Å². The third kappa shape index (κ3) is 11.3. The molecule has 19 atom stereocenters. The molecule has 0 amide bonds. The molecule has 11 rings (SSSR count). The smallest absolute Gasteiger partial charge is 0.187 e. The molecule has 3 aromatic carbocycles. The van der Waals surface area contributed by atoms with E-state index >= 15 is 0 Å². The average Bonchev–Trinajstić information content (AvgIpc) is 4.39. The SMILES string of the molecule is CN1CCN(c2ccc3nc(-c4ccc5nc(-c6ccc(OCc7cn(C[C@H]8O[C@@H](O[C@@H]9C(O)[C@H](N)CC(N)[C@H]9O[C@@H]9OC(CN)[C@@H](O)[C@H](O)C9N)[C@@H](O)C8O[C@H]8O[C@@H](CN)[C@@H](O)C(O)C8N)nn7)cc6)[nH]c5c4)[nH]c3c2)CC1. The molecule has 0 bridgehead atoms. The van der Waals surface area contributed by atoms with E-state index in [2.05, 4.69) is 55.3 Å². The number of rotatable bonds is 16. The second-order valence-corrected chi connectivity index (χ2v) is 21.2. The average molecular weight is 1100 g/mol. The molecule has 6 aromatic rings. The van der Waals surface area contributed by atoms with Crippen molar-refractivity contribution >= 4 is 27.8 Å². The number of hydrogen-bond donors (Lipinski definition) is 14. The molecule has 428 valence electrons. The zero-order valence-corrected chi connectivity index (χ0v) is 43.3. The van der Waals surface area contributed by atoms with E-state index in [9.17, 15) is 30.6 Å². The summed E-state index contributed by atoms with van der Waals surface area (Å²) >= 11 is 0. The Hall–Kier alpha value is -5.42. The van der Waals surface area contributed by atoms with Gasteiger partial charge in [0.25, 0.3) is 0 Å². The predicted molar refractivity (Wildman–Crippen MR) is 282 cm³/mol. The molecule has 28 nitrogen and oxygen atoms in total. The van der Waals surface area contributed by atoms with Gasteiger partial charge in [0.05, 0.1) is 53.0 Å². The van der Waals surface area contributed by atoms with Crippen molar-refractivity contribution in [3.05, 3.63) is 72.6 Å². The lowest BCUT2D eigenvalue weighted by atomic mass is 9.84. The van der Waals surface area contributed by atoms with Crippen LogP contribution in [0.2, 0.25) is 0 Å². The Morgan fingerprint density at radius 2 is 1.18 bits per heavy atom. The summed E-state index contributed by atoms with van der Waals surface area (Å²) in [6.45, 7) is 3.57. The van der Waals surface area contributed by atoms with Crippen LogP contribution in [0.5, 0.6) is 5.75 Å². The minimum atomic E-state index is -1.65. The molecule has 3 aromatic heterocycles. The number of hydrogen-bond acceptors (Lipinski definition) is 25. The minimum Gasteiger partial charge on any atom is -0.487 e. The van der Waals surface area contributed by atoms with Crippen LogP contribution < -0.4 is 44.0 Å². The summed E-state index contributed by atoms with van der Waals surface area (Å²) < 4.78 is 44.3. The van der Waals surface area contributed by atoms with Gasteiger partial charge in [-0.2, -0.15) is 0 Å². The van der Waals surface area contributed by atoms with Gasteiger partial charge in [-0.25, -0.2) is 14.6 Å². The Kier molecular flexibility index (Phi) is 16.3. The number of nitrogens with two attached hydrogens (primary N) is 6. The number of benzene rings is 3. The molecule has 1 saturated carbocycles. The lowest BCUT2D eigenvalue weighted by Gasteiger charge is -2.47. The first-order valence-electron chi connectivity index (χ1n) is 26.5. The Balaban J connectivity index is 0.754. The van der Waals surface area contributed by atoms with Crippen LogP contribution in [0.3, 0.4) is 0 Å². The van der Waals surface area contributed by atoms with Crippen molar-refractivity contribution in [2.75, 3.05) is 51.2 Å². The van der Waals surface area contributed by atoms with E-state index in [0.717, 1.165) is 65.2 Å². The maximum absolute atomic E-state index is 12.0. The molecule has 4 saturated heterocycles. The van der Waals surface area contributed by atoms with E-state index < -0.39 is 116 Å². The molecular weight excluding hydrogens is 1030 g/mol. The number of imidazole rings is 2. The van der Waals surface area contributed by atoms with Crippen molar-refractivity contribution in [3.63, 3.8) is 0 Å². The first-order chi connectivity index (χ1) is 38.0. The number of aliphatic hydroxyl groups is 6. The van der Waals surface area contributed by atoms with Gasteiger partial charge in [0, 0.05) is 68.2 Å². The van der Waals surface area contributed by atoms with Crippen LogP contribution in [-0.4, -0.2) is 233 Å². The molecule has 0 radical (unpaired) electrons. The van der Waals surface area contributed by atoms with Gasteiger partial charge in [0.1, 0.15) is 96.8 Å². The molecule has 7 heterocycles. The molecule has 4 aliphatic heterocycles. The first-order valence-corrected chi connectivity index (χ1v) is 26.5. The molecule has 7 unspecified atom stereocenters. The maximum atomic E-state index is 12.0. The Morgan fingerprint density at radius 3 is 1.82 bits per heavy atom. The van der Waals surface area contributed by atoms with Gasteiger partial charge in [0.15, 0.2) is 18.9 Å². The minimum absolute atomic E-state index is 0.0227. The number of H-pyrrole nitrogens is 2. The number of likely N-dealkylation sites (N-methyl/N-ethyl adjacent to an activating group) is 1. The van der Waals surface area contributed by atoms with Crippen molar-refractivity contribution in [2.24, 2.45) is 34.4 Å². The van der Waals surface area contributed by atoms with Gasteiger partial charge in [-0.05, 0) is 74.1 Å². The fourth-order valence-electron chi connectivity index (χ4n) is 11.0. The molecule has 28 heteroatoms. The highest BCUT2D eigenvalue weighted by Crippen LogP contribution is 2.36. The van der Waals surface area contributed by atoms with Gasteiger partial charge in [0.2, 0.25) is 0 Å². The highest BCUT2D eigenvalue weighted by Gasteiger charge is 2.54. The quantitative estimate of drug-likeness (QED) is 0.0437. The molecule has 5 fully saturated rings. The summed E-state index contributed by atoms with van der Waals surface area (Å²) in [5.74, 6) is 2.00. The van der Waals surface area contributed by atoms with E-state index in [1.807, 2.05) is 42.5 Å². The van der Waals surface area contributed by atoms with Crippen LogP contribution in [0.25, 0.3) is 44.8 Å². The number of nitrogens with one attached hydrogen (secondary N) is 2. The summed E-state index contributed by atoms with van der Waals surface area (Å²) in [4.78, 5) is 21.4. The number of piperazine rings is 1. The van der Waals surface area contributed by atoms with Crippen LogP contribution in [0.15, 0.2) is 66.9 Å². The highest BCUT2D eigenvalue weighted by atomic mass is 16.8. The molecular formula is C51H71N15O13. The summed E-state index contributed by atoms with van der Waals surface area (Å²) in [5, 5.41) is 74.5. The van der Waals surface area contributed by atoms with E-state index in [1.54, 1.807) is 6.20 Å².